The Labute approximate surface area is 75.2 Å². The van der Waals surface area contributed by atoms with E-state index < -0.39 is 0 Å². The van der Waals surface area contributed by atoms with E-state index in [1.807, 2.05) is 0 Å². The predicted octanol–water partition coefficient (Wildman–Crippen LogP) is 1.24. The van der Waals surface area contributed by atoms with Crippen LogP contribution in [0.1, 0.15) is 11.1 Å². The number of nitrogens with zero attached hydrogens (tertiary/aromatic N) is 1. The lowest BCUT2D eigenvalue weighted by molar-refractivity contribution is 0.397. The molecule has 13 heavy (non-hydrogen) atoms. The molecule has 0 saturated heterocycles. The van der Waals surface area contributed by atoms with Gasteiger partial charge in [0.05, 0.1) is 6.54 Å². The Bertz CT molecular complexity index is 367. The minimum atomic E-state index is -0.223. The van der Waals surface area contributed by atoms with Crippen molar-refractivity contribution in [1.82, 2.24) is 0 Å². The minimum absolute atomic E-state index is 0.0309. The second kappa shape index (κ2) is 3.74. The fraction of sp³-hybridized carbons (Fsp3) is 0.222. The van der Waals surface area contributed by atoms with Gasteiger partial charge in [-0.2, -0.15) is 0 Å². The fourth-order valence-electron chi connectivity index (χ4n) is 0.967. The summed E-state index contributed by atoms with van der Waals surface area (Å²) in [7, 11) is 0. The first kappa shape index (κ1) is 9.29. The Balaban J connectivity index is 3.10. The molecule has 0 aliphatic heterocycles. The van der Waals surface area contributed by atoms with Gasteiger partial charge >= 0.3 is 0 Å². The molecular weight excluding hydrogens is 170 g/mol. The van der Waals surface area contributed by atoms with Crippen LogP contribution in [0.3, 0.4) is 0 Å². The smallest absolute Gasteiger partial charge is 0.235 e. The lowest BCUT2D eigenvalue weighted by atomic mass is 10.1. The summed E-state index contributed by atoms with van der Waals surface area (Å²) in [5.74, 6) is -0.391. The molecule has 4 heteroatoms. The normalized spacial score (nSPS) is 9.31. The van der Waals surface area contributed by atoms with Crippen molar-refractivity contribution < 1.29 is 15.0 Å². The summed E-state index contributed by atoms with van der Waals surface area (Å²) in [5, 5.41) is 18.7. The van der Waals surface area contributed by atoms with E-state index in [2.05, 4.69) is 4.99 Å². The Morgan fingerprint density at radius 2 is 2.08 bits per heavy atom. The topological polar surface area (TPSA) is 69.9 Å². The van der Waals surface area contributed by atoms with Crippen molar-refractivity contribution in [2.24, 2.45) is 4.99 Å². The maximum Gasteiger partial charge on any atom is 0.235 e. The highest BCUT2D eigenvalue weighted by Crippen LogP contribution is 2.32. The first-order valence-corrected chi connectivity index (χ1v) is 3.71. The second-order valence-electron chi connectivity index (χ2n) is 2.65. The monoisotopic (exact) mass is 179 g/mol. The highest BCUT2D eigenvalue weighted by atomic mass is 16.3. The molecular formula is C9H9NO3. The molecule has 0 unspecified atom stereocenters. The van der Waals surface area contributed by atoms with Crippen LogP contribution in [0.25, 0.3) is 0 Å². The summed E-state index contributed by atoms with van der Waals surface area (Å²) in [6.45, 7) is 1.70. The number of phenolic OH excluding ortho intramolecular Hbond substituents is 2. The van der Waals surface area contributed by atoms with Gasteiger partial charge in [0.25, 0.3) is 0 Å². The maximum atomic E-state index is 9.81. The Morgan fingerprint density at radius 1 is 1.38 bits per heavy atom. The number of aryl methyl sites for hydroxylation is 1. The van der Waals surface area contributed by atoms with Crippen molar-refractivity contribution in [3.05, 3.63) is 23.3 Å². The summed E-state index contributed by atoms with van der Waals surface area (Å²) in [6.07, 6.45) is 1.36. The van der Waals surface area contributed by atoms with Crippen LogP contribution in [-0.4, -0.2) is 16.3 Å². The Morgan fingerprint density at radius 3 is 2.69 bits per heavy atom. The average Bonchev–Trinajstić information content (AvgIpc) is 2.13. The average molecular weight is 179 g/mol. The molecule has 1 aromatic carbocycles. The van der Waals surface area contributed by atoms with Gasteiger partial charge < -0.3 is 10.2 Å². The standard InChI is InChI=1S/C9H9NO3/c1-6-2-3-7(4-10-5-11)9(13)8(6)12/h2-3,12-13H,4H2,1H3. The van der Waals surface area contributed by atoms with Crippen LogP contribution in [0.5, 0.6) is 11.5 Å². The molecule has 2 N–H and O–H groups in total. The van der Waals surface area contributed by atoms with Gasteiger partial charge in [-0.15, -0.1) is 0 Å². The summed E-state index contributed by atoms with van der Waals surface area (Å²) < 4.78 is 0. The van der Waals surface area contributed by atoms with E-state index in [4.69, 9.17) is 0 Å². The van der Waals surface area contributed by atoms with Gasteiger partial charge in [-0.1, -0.05) is 12.1 Å². The van der Waals surface area contributed by atoms with Crippen molar-refractivity contribution in [1.29, 1.82) is 0 Å². The maximum absolute atomic E-state index is 9.81. The van der Waals surface area contributed by atoms with E-state index in [1.165, 1.54) is 6.08 Å². The number of aromatic hydroxyl groups is 2. The lowest BCUT2D eigenvalue weighted by Crippen LogP contribution is -1.85. The van der Waals surface area contributed by atoms with Crippen LogP contribution < -0.4 is 0 Å². The quantitative estimate of drug-likeness (QED) is 0.407. The predicted molar refractivity (Wildman–Crippen MR) is 46.3 cm³/mol. The molecule has 0 aliphatic carbocycles. The SMILES string of the molecule is Cc1ccc(CN=C=O)c(O)c1O. The molecule has 0 heterocycles. The van der Waals surface area contributed by atoms with Gasteiger partial charge in [-0.3, -0.25) is 0 Å². The van der Waals surface area contributed by atoms with E-state index in [0.717, 1.165) is 0 Å². The van der Waals surface area contributed by atoms with Crippen LogP contribution >= 0.6 is 0 Å². The molecule has 0 radical (unpaired) electrons. The summed E-state index contributed by atoms with van der Waals surface area (Å²) in [5.41, 5.74) is 0.989. The van der Waals surface area contributed by atoms with Crippen molar-refractivity contribution in [3.63, 3.8) is 0 Å². The highest BCUT2D eigenvalue weighted by Gasteiger charge is 2.07. The van der Waals surface area contributed by atoms with E-state index >= 15 is 0 Å². The molecule has 68 valence electrons. The van der Waals surface area contributed by atoms with Crippen LogP contribution in [0.2, 0.25) is 0 Å². The van der Waals surface area contributed by atoms with E-state index in [1.54, 1.807) is 19.1 Å². The van der Waals surface area contributed by atoms with Crippen LogP contribution in [-0.2, 0) is 11.3 Å². The summed E-state index contributed by atoms with van der Waals surface area (Å²) in [6, 6.07) is 3.25. The van der Waals surface area contributed by atoms with Crippen molar-refractivity contribution >= 4 is 6.08 Å². The van der Waals surface area contributed by atoms with Crippen LogP contribution in [0, 0.1) is 6.92 Å². The van der Waals surface area contributed by atoms with Crippen molar-refractivity contribution in [2.45, 2.75) is 13.5 Å². The minimum Gasteiger partial charge on any atom is -0.504 e. The Kier molecular flexibility index (Phi) is 2.67. The van der Waals surface area contributed by atoms with Gasteiger partial charge in [0, 0.05) is 5.56 Å². The fourth-order valence-corrected chi connectivity index (χ4v) is 0.967. The zero-order valence-corrected chi connectivity index (χ0v) is 7.11. The molecule has 0 aromatic heterocycles. The number of hydrogen-bond acceptors (Lipinski definition) is 4. The third-order valence-electron chi connectivity index (χ3n) is 1.75. The molecule has 0 atom stereocenters. The van der Waals surface area contributed by atoms with E-state index in [-0.39, 0.29) is 18.0 Å². The number of rotatable bonds is 2. The van der Waals surface area contributed by atoms with Gasteiger partial charge in [0.15, 0.2) is 11.5 Å². The zero-order chi connectivity index (χ0) is 9.84. The molecule has 0 saturated carbocycles. The summed E-state index contributed by atoms with van der Waals surface area (Å²) in [4.78, 5) is 13.1. The molecule has 0 amide bonds. The molecule has 0 aliphatic rings. The number of aliphatic imine (C=N–C) groups is 1. The molecule has 4 nitrogen and oxygen atoms in total. The van der Waals surface area contributed by atoms with E-state index in [0.29, 0.717) is 11.1 Å². The number of isocyanates is 1. The number of phenols is 2. The zero-order valence-electron chi connectivity index (χ0n) is 7.11. The van der Waals surface area contributed by atoms with Gasteiger partial charge in [0.2, 0.25) is 6.08 Å². The molecule has 0 fully saturated rings. The van der Waals surface area contributed by atoms with Gasteiger partial charge in [-0.25, -0.2) is 9.79 Å². The lowest BCUT2D eigenvalue weighted by Gasteiger charge is -2.04. The van der Waals surface area contributed by atoms with Crippen LogP contribution in [0.4, 0.5) is 0 Å². The molecule has 1 rings (SSSR count). The second-order valence-corrected chi connectivity index (χ2v) is 2.65. The van der Waals surface area contributed by atoms with Crippen molar-refractivity contribution in [2.75, 3.05) is 0 Å². The Hall–Kier alpha value is -1.80. The molecule has 0 spiro atoms. The van der Waals surface area contributed by atoms with E-state index in [9.17, 15) is 15.0 Å². The number of carbonyl (C=O) groups excluding carboxylic acids is 1. The first-order valence-electron chi connectivity index (χ1n) is 3.71. The first-order chi connectivity index (χ1) is 6.16. The van der Waals surface area contributed by atoms with Crippen molar-refractivity contribution in [3.8, 4) is 11.5 Å². The molecule has 0 bridgehead atoms. The van der Waals surface area contributed by atoms with Crippen LogP contribution in [0.15, 0.2) is 17.1 Å². The molecule has 1 aromatic rings. The number of benzene rings is 1. The summed E-state index contributed by atoms with van der Waals surface area (Å²) >= 11 is 0. The van der Waals surface area contributed by atoms with Gasteiger partial charge in [0.1, 0.15) is 0 Å². The third-order valence-corrected chi connectivity index (χ3v) is 1.75. The highest BCUT2D eigenvalue weighted by molar-refractivity contribution is 5.49. The number of hydrogen-bond donors (Lipinski definition) is 2. The third kappa shape index (κ3) is 1.86. The largest absolute Gasteiger partial charge is 0.504 e. The van der Waals surface area contributed by atoms with Gasteiger partial charge in [-0.05, 0) is 12.5 Å².